The normalized spacial score (nSPS) is 11.4. The van der Waals surface area contributed by atoms with Gasteiger partial charge in [0.15, 0.2) is 0 Å². The molecule has 0 saturated heterocycles. The van der Waals surface area contributed by atoms with E-state index in [0.717, 1.165) is 5.56 Å². The lowest BCUT2D eigenvalue weighted by Crippen LogP contribution is -2.24. The molecule has 0 spiro atoms. The van der Waals surface area contributed by atoms with Crippen molar-refractivity contribution in [1.82, 2.24) is 9.71 Å². The number of rotatable bonds is 6. The topological polar surface area (TPSA) is 68.3 Å². The van der Waals surface area contributed by atoms with Gasteiger partial charge in [-0.05, 0) is 42.3 Å². The summed E-state index contributed by atoms with van der Waals surface area (Å²) in [7, 11) is -3.64. The van der Waals surface area contributed by atoms with Gasteiger partial charge in [-0.1, -0.05) is 41.1 Å². The van der Waals surface area contributed by atoms with E-state index in [4.69, 9.17) is 16.3 Å². The maximum Gasteiger partial charge on any atom is 0.278 e. The van der Waals surface area contributed by atoms with Crippen LogP contribution in [0.15, 0.2) is 58.9 Å². The van der Waals surface area contributed by atoms with Gasteiger partial charge in [0.1, 0.15) is 5.75 Å². The summed E-state index contributed by atoms with van der Waals surface area (Å²) in [5.74, 6) is 0.646. The van der Waals surface area contributed by atoms with E-state index in [1.807, 2.05) is 5.38 Å². The first-order valence-electron chi connectivity index (χ1n) is 7.36. The number of benzene rings is 2. The maximum absolute atomic E-state index is 12.5. The lowest BCUT2D eigenvalue weighted by Gasteiger charge is -2.10. The number of aromatic nitrogens is 1. The van der Waals surface area contributed by atoms with E-state index < -0.39 is 10.0 Å². The zero-order valence-electron chi connectivity index (χ0n) is 13.3. The standard InChI is InChI=1S/C17H15ClN2O3S2/c1-12-2-5-14(18)10-16(12)25(21,22)20-11-13-3-6-15(7-4-13)23-17-19-8-9-24-17/h2-10,20H,11H2,1H3. The van der Waals surface area contributed by atoms with Crippen LogP contribution in [-0.4, -0.2) is 13.4 Å². The first-order valence-corrected chi connectivity index (χ1v) is 10.1. The largest absolute Gasteiger partial charge is 0.431 e. The molecule has 1 heterocycles. The van der Waals surface area contributed by atoms with E-state index in [-0.39, 0.29) is 11.4 Å². The Hall–Kier alpha value is -1.93. The highest BCUT2D eigenvalue weighted by Gasteiger charge is 2.17. The molecule has 3 aromatic rings. The average Bonchev–Trinajstić information content (AvgIpc) is 3.09. The van der Waals surface area contributed by atoms with Crippen molar-refractivity contribution >= 4 is 33.0 Å². The quantitative estimate of drug-likeness (QED) is 0.673. The fourth-order valence-corrected chi connectivity index (χ4v) is 4.18. The molecule has 130 valence electrons. The van der Waals surface area contributed by atoms with Crippen molar-refractivity contribution in [2.75, 3.05) is 0 Å². The molecule has 0 aliphatic rings. The van der Waals surface area contributed by atoms with E-state index in [9.17, 15) is 8.42 Å². The van der Waals surface area contributed by atoms with Crippen LogP contribution in [0.4, 0.5) is 0 Å². The average molecular weight is 395 g/mol. The summed E-state index contributed by atoms with van der Waals surface area (Å²) in [5.41, 5.74) is 1.46. The molecule has 25 heavy (non-hydrogen) atoms. The number of halogens is 1. The first kappa shape index (κ1) is 17.9. The third-order valence-corrected chi connectivity index (χ3v) is 5.87. The second-order valence-corrected chi connectivity index (χ2v) is 8.31. The van der Waals surface area contributed by atoms with E-state index in [1.165, 1.54) is 17.4 Å². The van der Waals surface area contributed by atoms with Crippen molar-refractivity contribution < 1.29 is 13.2 Å². The Morgan fingerprint density at radius 1 is 1.20 bits per heavy atom. The van der Waals surface area contributed by atoms with Crippen LogP contribution in [0, 0.1) is 6.92 Å². The van der Waals surface area contributed by atoms with Crippen LogP contribution in [-0.2, 0) is 16.6 Å². The van der Waals surface area contributed by atoms with E-state index in [0.29, 0.717) is 21.5 Å². The molecule has 5 nitrogen and oxygen atoms in total. The summed E-state index contributed by atoms with van der Waals surface area (Å²) < 4.78 is 33.1. The molecule has 0 atom stereocenters. The smallest absolute Gasteiger partial charge is 0.278 e. The molecule has 1 N–H and O–H groups in total. The molecule has 0 bridgehead atoms. The number of hydrogen-bond donors (Lipinski definition) is 1. The summed E-state index contributed by atoms with van der Waals surface area (Å²) in [6.07, 6.45) is 1.67. The van der Waals surface area contributed by atoms with Gasteiger partial charge in [-0.15, -0.1) is 0 Å². The molecule has 0 aliphatic carbocycles. The summed E-state index contributed by atoms with van der Waals surface area (Å²) in [5, 5.41) is 2.77. The highest BCUT2D eigenvalue weighted by molar-refractivity contribution is 7.89. The monoisotopic (exact) mass is 394 g/mol. The van der Waals surface area contributed by atoms with Gasteiger partial charge in [-0.3, -0.25) is 0 Å². The van der Waals surface area contributed by atoms with Crippen molar-refractivity contribution in [3.8, 4) is 10.9 Å². The van der Waals surface area contributed by atoms with Gasteiger partial charge in [-0.2, -0.15) is 0 Å². The van der Waals surface area contributed by atoms with E-state index >= 15 is 0 Å². The van der Waals surface area contributed by atoms with Gasteiger partial charge in [0.05, 0.1) is 4.90 Å². The second kappa shape index (κ2) is 7.53. The van der Waals surface area contributed by atoms with Crippen LogP contribution in [0.5, 0.6) is 10.9 Å². The number of nitrogens with zero attached hydrogens (tertiary/aromatic N) is 1. The molecular weight excluding hydrogens is 380 g/mol. The minimum atomic E-state index is -3.64. The molecular formula is C17H15ClN2O3S2. The first-order chi connectivity index (χ1) is 11.9. The summed E-state index contributed by atoms with van der Waals surface area (Å²) in [6.45, 7) is 1.90. The summed E-state index contributed by atoms with van der Waals surface area (Å²) in [6, 6.07) is 11.9. The Morgan fingerprint density at radius 3 is 2.64 bits per heavy atom. The fraction of sp³-hybridized carbons (Fsp3) is 0.118. The zero-order valence-corrected chi connectivity index (χ0v) is 15.7. The Balaban J connectivity index is 1.67. The van der Waals surface area contributed by atoms with Gasteiger partial charge >= 0.3 is 0 Å². The number of sulfonamides is 1. The summed E-state index contributed by atoms with van der Waals surface area (Å²) >= 11 is 7.31. The summed E-state index contributed by atoms with van der Waals surface area (Å²) in [4.78, 5) is 4.23. The molecule has 0 unspecified atom stereocenters. The minimum absolute atomic E-state index is 0.172. The Kier molecular flexibility index (Phi) is 5.39. The maximum atomic E-state index is 12.5. The van der Waals surface area contributed by atoms with Crippen molar-refractivity contribution in [3.63, 3.8) is 0 Å². The third kappa shape index (κ3) is 4.58. The number of aryl methyl sites for hydroxylation is 1. The Bertz CT molecular complexity index is 956. The van der Waals surface area contributed by atoms with Crippen LogP contribution in [0.1, 0.15) is 11.1 Å². The molecule has 0 aliphatic heterocycles. The van der Waals surface area contributed by atoms with E-state index in [2.05, 4.69) is 9.71 Å². The van der Waals surface area contributed by atoms with Gasteiger partial charge < -0.3 is 4.74 Å². The predicted molar refractivity (Wildman–Crippen MR) is 98.8 cm³/mol. The molecule has 2 aromatic carbocycles. The van der Waals surface area contributed by atoms with Crippen LogP contribution >= 0.6 is 22.9 Å². The lowest BCUT2D eigenvalue weighted by molar-refractivity contribution is 0.478. The van der Waals surface area contributed by atoms with Crippen molar-refractivity contribution in [2.45, 2.75) is 18.4 Å². The molecule has 0 fully saturated rings. The third-order valence-electron chi connectivity index (χ3n) is 3.44. The van der Waals surface area contributed by atoms with Crippen LogP contribution in [0.2, 0.25) is 5.02 Å². The minimum Gasteiger partial charge on any atom is -0.431 e. The molecule has 3 rings (SSSR count). The highest BCUT2D eigenvalue weighted by atomic mass is 35.5. The van der Waals surface area contributed by atoms with E-state index in [1.54, 1.807) is 49.5 Å². The number of hydrogen-bond acceptors (Lipinski definition) is 5. The number of thiazole rings is 1. The van der Waals surface area contributed by atoms with Gasteiger partial charge in [0, 0.05) is 23.1 Å². The number of ether oxygens (including phenoxy) is 1. The van der Waals surface area contributed by atoms with Gasteiger partial charge in [0.25, 0.3) is 5.19 Å². The molecule has 0 saturated carbocycles. The Morgan fingerprint density at radius 2 is 1.96 bits per heavy atom. The molecule has 0 amide bonds. The van der Waals surface area contributed by atoms with Crippen LogP contribution in [0.3, 0.4) is 0 Å². The molecule has 1 aromatic heterocycles. The number of nitrogens with one attached hydrogen (secondary N) is 1. The second-order valence-electron chi connectivity index (χ2n) is 5.28. The highest BCUT2D eigenvalue weighted by Crippen LogP contribution is 2.24. The van der Waals surface area contributed by atoms with Crippen LogP contribution < -0.4 is 9.46 Å². The van der Waals surface area contributed by atoms with Crippen LogP contribution in [0.25, 0.3) is 0 Å². The lowest BCUT2D eigenvalue weighted by atomic mass is 10.2. The van der Waals surface area contributed by atoms with Crippen molar-refractivity contribution in [1.29, 1.82) is 0 Å². The fourth-order valence-electron chi connectivity index (χ4n) is 2.16. The molecule has 8 heteroatoms. The van der Waals surface area contributed by atoms with Crippen molar-refractivity contribution in [2.24, 2.45) is 0 Å². The van der Waals surface area contributed by atoms with Gasteiger partial charge in [0.2, 0.25) is 10.0 Å². The zero-order chi connectivity index (χ0) is 17.9. The Labute approximate surface area is 155 Å². The van der Waals surface area contributed by atoms with Crippen molar-refractivity contribution in [3.05, 3.63) is 70.2 Å². The van der Waals surface area contributed by atoms with Gasteiger partial charge in [-0.25, -0.2) is 18.1 Å². The SMILES string of the molecule is Cc1ccc(Cl)cc1S(=O)(=O)NCc1ccc(Oc2nccs2)cc1. The molecule has 0 radical (unpaired) electrons. The predicted octanol–water partition coefficient (Wildman–Crippen LogP) is 4.38.